The molecule has 0 saturated heterocycles. The Kier molecular flexibility index (Phi) is 6.07. The Morgan fingerprint density at radius 3 is 2.69 bits per heavy atom. The van der Waals surface area contributed by atoms with Crippen molar-refractivity contribution in [3.8, 4) is 0 Å². The molecule has 0 aliphatic heterocycles. The van der Waals surface area contributed by atoms with Crippen LogP contribution < -0.4 is 11.2 Å². The fourth-order valence-electron chi connectivity index (χ4n) is 0.403. The van der Waals surface area contributed by atoms with Crippen LogP contribution in [-0.2, 0) is 14.4 Å². The summed E-state index contributed by atoms with van der Waals surface area (Å²) in [4.78, 5) is 25.7. The lowest BCUT2D eigenvalue weighted by Gasteiger charge is -2.08. The molecule has 0 aromatic rings. The van der Waals surface area contributed by atoms with Crippen LogP contribution in [0.25, 0.3) is 0 Å². The third kappa shape index (κ3) is 5.31. The van der Waals surface area contributed by atoms with Crippen molar-refractivity contribution in [3.63, 3.8) is 0 Å². The number of hydroxylamine groups is 1. The van der Waals surface area contributed by atoms with E-state index in [9.17, 15) is 9.59 Å². The van der Waals surface area contributed by atoms with Crippen molar-refractivity contribution in [2.45, 2.75) is 13.0 Å². The summed E-state index contributed by atoms with van der Waals surface area (Å²) >= 11 is 3.77. The van der Waals surface area contributed by atoms with Gasteiger partial charge in [-0.2, -0.15) is 12.6 Å². The molecule has 1 atom stereocenters. The van der Waals surface area contributed by atoms with Crippen LogP contribution >= 0.6 is 12.6 Å². The molecule has 0 rings (SSSR count). The Morgan fingerprint density at radius 1 is 1.62 bits per heavy atom. The molecule has 0 bridgehead atoms. The molecule has 0 fully saturated rings. The second-order valence-electron chi connectivity index (χ2n) is 2.03. The molecular formula is C6H12N2O4S. The molecule has 6 nitrogen and oxygen atoms in total. The van der Waals surface area contributed by atoms with Gasteiger partial charge in [-0.15, -0.1) is 5.48 Å². The number of carbonyl (C=O) groups excluding carboxylic acids is 2. The molecule has 0 aliphatic rings. The van der Waals surface area contributed by atoms with E-state index in [0.29, 0.717) is 0 Å². The summed E-state index contributed by atoms with van der Waals surface area (Å²) in [5, 5.41) is 0. The highest BCUT2D eigenvalue weighted by Gasteiger charge is 2.14. The van der Waals surface area contributed by atoms with E-state index in [1.165, 1.54) is 0 Å². The highest BCUT2D eigenvalue weighted by molar-refractivity contribution is 7.80. The minimum Gasteiger partial charge on any atom is -0.448 e. The molecule has 0 aliphatic carbocycles. The molecule has 0 spiro atoms. The van der Waals surface area contributed by atoms with E-state index < -0.39 is 18.1 Å². The molecule has 7 heteroatoms. The summed E-state index contributed by atoms with van der Waals surface area (Å²) in [5.74, 6) is -0.619. The Hall–Kier alpha value is -0.950. The van der Waals surface area contributed by atoms with Crippen LogP contribution in [0.5, 0.6) is 0 Å². The second kappa shape index (κ2) is 6.55. The van der Waals surface area contributed by atoms with Crippen molar-refractivity contribution in [3.05, 3.63) is 0 Å². The van der Waals surface area contributed by atoms with Gasteiger partial charge >= 0.3 is 12.1 Å². The average Bonchev–Trinajstić information content (AvgIpc) is 2.13. The van der Waals surface area contributed by atoms with E-state index in [1.54, 1.807) is 12.4 Å². The molecule has 13 heavy (non-hydrogen) atoms. The molecule has 1 amide bonds. The van der Waals surface area contributed by atoms with Gasteiger partial charge in [-0.3, -0.25) is 0 Å². The number of nitrogens with one attached hydrogen (secondary N) is 1. The first kappa shape index (κ1) is 12.0. The van der Waals surface area contributed by atoms with E-state index in [0.717, 1.165) is 0 Å². The standard InChI is InChI=1S/C6H12N2O4S/c1-2-11-6(10)8-12-5(9)4(7)3-13/h4,13H,2-3,7H2,1H3,(H,8,10)/t4-/m0/s1. The summed E-state index contributed by atoms with van der Waals surface area (Å²) in [6, 6.07) is -0.856. The third-order valence-corrected chi connectivity index (χ3v) is 1.40. The Bertz CT molecular complexity index is 187. The highest BCUT2D eigenvalue weighted by atomic mass is 32.1. The van der Waals surface area contributed by atoms with Gasteiger partial charge in [0.2, 0.25) is 0 Å². The normalized spacial score (nSPS) is 11.6. The van der Waals surface area contributed by atoms with Crippen molar-refractivity contribution in [2.75, 3.05) is 12.4 Å². The van der Waals surface area contributed by atoms with Crippen molar-refractivity contribution in [2.24, 2.45) is 5.73 Å². The minimum atomic E-state index is -0.856. The van der Waals surface area contributed by atoms with Gasteiger partial charge in [0.25, 0.3) is 0 Å². The zero-order valence-corrected chi connectivity index (χ0v) is 8.04. The predicted molar refractivity (Wildman–Crippen MR) is 48.1 cm³/mol. The lowest BCUT2D eigenvalue weighted by molar-refractivity contribution is -0.150. The summed E-state index contributed by atoms with van der Waals surface area (Å²) in [7, 11) is 0. The van der Waals surface area contributed by atoms with Crippen molar-refractivity contribution in [1.82, 2.24) is 5.48 Å². The maximum atomic E-state index is 10.8. The number of carbonyl (C=O) groups is 2. The second-order valence-corrected chi connectivity index (χ2v) is 2.40. The number of rotatable bonds is 3. The van der Waals surface area contributed by atoms with Crippen molar-refractivity contribution < 1.29 is 19.2 Å². The summed E-state index contributed by atoms with van der Waals surface area (Å²) in [6.07, 6.45) is -0.831. The van der Waals surface area contributed by atoms with E-state index in [1.807, 2.05) is 0 Å². The Morgan fingerprint density at radius 2 is 2.23 bits per heavy atom. The van der Waals surface area contributed by atoms with E-state index in [4.69, 9.17) is 5.73 Å². The predicted octanol–water partition coefficient (Wildman–Crippen LogP) is -0.552. The summed E-state index contributed by atoms with van der Waals surface area (Å²) < 4.78 is 4.42. The molecule has 0 radical (unpaired) electrons. The molecule has 0 unspecified atom stereocenters. The van der Waals surface area contributed by atoms with Crippen LogP contribution in [0, 0.1) is 0 Å². The molecule has 0 aromatic carbocycles. The van der Waals surface area contributed by atoms with Gasteiger partial charge < -0.3 is 15.3 Å². The lowest BCUT2D eigenvalue weighted by atomic mass is 10.4. The fraction of sp³-hybridized carbons (Fsp3) is 0.667. The van der Waals surface area contributed by atoms with Crippen LogP contribution in [0.1, 0.15) is 6.92 Å². The Labute approximate surface area is 81.1 Å². The molecule has 0 saturated carbocycles. The van der Waals surface area contributed by atoms with Gasteiger partial charge in [-0.1, -0.05) is 0 Å². The van der Waals surface area contributed by atoms with Crippen LogP contribution in [0.15, 0.2) is 0 Å². The highest BCUT2D eigenvalue weighted by Crippen LogP contribution is 1.87. The van der Waals surface area contributed by atoms with Crippen LogP contribution in [-0.4, -0.2) is 30.5 Å². The van der Waals surface area contributed by atoms with Crippen LogP contribution in [0.4, 0.5) is 4.79 Å². The largest absolute Gasteiger partial charge is 0.448 e. The number of amides is 1. The number of nitrogens with two attached hydrogens (primary N) is 1. The number of hydrogen-bond donors (Lipinski definition) is 3. The smallest absolute Gasteiger partial charge is 0.440 e. The minimum absolute atomic E-state index is 0.142. The summed E-state index contributed by atoms with van der Waals surface area (Å²) in [6.45, 7) is 1.82. The van der Waals surface area contributed by atoms with Gasteiger partial charge in [0.05, 0.1) is 6.61 Å². The van der Waals surface area contributed by atoms with Crippen LogP contribution in [0.3, 0.4) is 0 Å². The average molecular weight is 208 g/mol. The SMILES string of the molecule is CCOC(=O)NOC(=O)[C@@H](N)CS. The molecular weight excluding hydrogens is 196 g/mol. The van der Waals surface area contributed by atoms with E-state index in [-0.39, 0.29) is 12.4 Å². The molecule has 3 N–H and O–H groups in total. The van der Waals surface area contributed by atoms with Gasteiger partial charge in [-0.05, 0) is 6.92 Å². The van der Waals surface area contributed by atoms with Gasteiger partial charge in [0.1, 0.15) is 6.04 Å². The first-order chi connectivity index (χ1) is 6.11. The zero-order valence-electron chi connectivity index (χ0n) is 7.15. The van der Waals surface area contributed by atoms with Gasteiger partial charge in [0, 0.05) is 5.75 Å². The first-order valence-corrected chi connectivity index (χ1v) is 4.25. The monoisotopic (exact) mass is 208 g/mol. The fourth-order valence-corrected chi connectivity index (χ4v) is 0.552. The molecule has 0 aromatic heterocycles. The lowest BCUT2D eigenvalue weighted by Crippen LogP contribution is -2.39. The number of thiol groups is 1. The summed E-state index contributed by atoms with van der Waals surface area (Å²) in [5.41, 5.74) is 7.01. The van der Waals surface area contributed by atoms with Crippen molar-refractivity contribution in [1.29, 1.82) is 0 Å². The topological polar surface area (TPSA) is 90.6 Å². The number of ether oxygens (including phenoxy) is 1. The van der Waals surface area contributed by atoms with Gasteiger partial charge in [0.15, 0.2) is 0 Å². The van der Waals surface area contributed by atoms with E-state index >= 15 is 0 Å². The third-order valence-electron chi connectivity index (χ3n) is 1.01. The van der Waals surface area contributed by atoms with Crippen molar-refractivity contribution >= 4 is 24.7 Å². The maximum absolute atomic E-state index is 10.8. The van der Waals surface area contributed by atoms with Crippen LogP contribution in [0.2, 0.25) is 0 Å². The first-order valence-electron chi connectivity index (χ1n) is 3.61. The van der Waals surface area contributed by atoms with E-state index in [2.05, 4.69) is 22.2 Å². The molecule has 0 heterocycles. The molecule has 76 valence electrons. The quantitative estimate of drug-likeness (QED) is 0.427. The van der Waals surface area contributed by atoms with Gasteiger partial charge in [-0.25, -0.2) is 9.59 Å². The zero-order chi connectivity index (χ0) is 10.3. The Balaban J connectivity index is 3.63. The maximum Gasteiger partial charge on any atom is 0.440 e. The number of hydrogen-bond acceptors (Lipinski definition) is 6.